The molecule has 0 bridgehead atoms. The van der Waals surface area contributed by atoms with E-state index in [1.54, 1.807) is 6.08 Å². The van der Waals surface area contributed by atoms with Crippen LogP contribution in [0.2, 0.25) is 0 Å². The molecule has 3 rings (SSSR count). The van der Waals surface area contributed by atoms with Crippen molar-refractivity contribution in [1.29, 1.82) is 0 Å². The molecular weight excluding hydrogens is 341 g/mol. The predicted octanol–water partition coefficient (Wildman–Crippen LogP) is 5.61. The van der Waals surface area contributed by atoms with Crippen LogP contribution in [0.25, 0.3) is 6.08 Å². The topological polar surface area (TPSA) is 49.3 Å². The number of rotatable bonds is 7. The average molecular weight is 363 g/mol. The van der Waals surface area contributed by atoms with Crippen molar-refractivity contribution in [3.05, 3.63) is 108 Å². The zero-order valence-electron chi connectivity index (χ0n) is 14.4. The van der Waals surface area contributed by atoms with E-state index in [4.69, 9.17) is 0 Å². The second kappa shape index (κ2) is 8.66. The minimum absolute atomic E-state index is 0.122. The third-order valence-corrected chi connectivity index (χ3v) is 6.03. The summed E-state index contributed by atoms with van der Waals surface area (Å²) in [5, 5.41) is 3.21. The summed E-state index contributed by atoms with van der Waals surface area (Å²) in [6.45, 7) is 0. The van der Waals surface area contributed by atoms with Gasteiger partial charge in [0.15, 0.2) is 0 Å². The Labute approximate surface area is 154 Å². The van der Waals surface area contributed by atoms with Gasteiger partial charge >= 0.3 is 0 Å². The molecule has 2 atom stereocenters. The Morgan fingerprint density at radius 3 is 2.00 bits per heavy atom. The van der Waals surface area contributed by atoms with Crippen LogP contribution in [0, 0.1) is 0 Å². The highest BCUT2D eigenvalue weighted by atomic mass is 31.2. The lowest BCUT2D eigenvalue weighted by atomic mass is 10.2. The van der Waals surface area contributed by atoms with Crippen molar-refractivity contribution >= 4 is 19.1 Å². The van der Waals surface area contributed by atoms with Gasteiger partial charge in [0.05, 0.1) is 6.16 Å². The van der Waals surface area contributed by atoms with Crippen LogP contribution >= 0.6 is 7.37 Å². The predicted molar refractivity (Wildman–Crippen MR) is 109 cm³/mol. The number of hydrogen-bond donors (Lipinski definition) is 2. The molecule has 0 saturated carbocycles. The number of benzene rings is 3. The zero-order chi connectivity index (χ0) is 18.2. The molecule has 0 heterocycles. The molecule has 132 valence electrons. The molecule has 26 heavy (non-hydrogen) atoms. The largest absolute Gasteiger partial charge is 0.370 e. The number of anilines is 1. The lowest BCUT2D eigenvalue weighted by Gasteiger charge is -2.23. The molecule has 3 nitrogen and oxygen atoms in total. The van der Waals surface area contributed by atoms with Gasteiger partial charge in [-0.15, -0.1) is 0 Å². The van der Waals surface area contributed by atoms with Gasteiger partial charge < -0.3 is 10.2 Å². The molecule has 3 aromatic carbocycles. The molecule has 2 N–H and O–H groups in total. The van der Waals surface area contributed by atoms with Crippen LogP contribution in [0.5, 0.6) is 0 Å². The molecule has 0 radical (unpaired) electrons. The lowest BCUT2D eigenvalue weighted by Crippen LogP contribution is -2.18. The van der Waals surface area contributed by atoms with Crippen molar-refractivity contribution in [2.75, 3.05) is 5.32 Å². The minimum Gasteiger partial charge on any atom is -0.370 e. The van der Waals surface area contributed by atoms with Crippen LogP contribution in [-0.4, -0.2) is 10.7 Å². The van der Waals surface area contributed by atoms with Crippen LogP contribution in [0.1, 0.15) is 11.1 Å². The van der Waals surface area contributed by atoms with E-state index in [0.29, 0.717) is 0 Å². The zero-order valence-corrected chi connectivity index (χ0v) is 15.3. The van der Waals surface area contributed by atoms with Crippen LogP contribution < -0.4 is 5.32 Å². The summed E-state index contributed by atoms with van der Waals surface area (Å²) in [6.07, 6.45) is 3.79. The Hall–Kier alpha value is -2.61. The standard InChI is InChI=1S/C22H22NO2P/c24-26(25,18-20-12-6-2-7-13-20)22(23-21-14-8-3-9-15-21)17-16-19-10-4-1-5-11-19/h1-17,22-23H,18H2,(H,24,25)/b17-16+. The molecule has 3 aromatic rings. The Kier molecular flexibility index (Phi) is 6.06. The maximum atomic E-state index is 13.2. The average Bonchev–Trinajstić information content (AvgIpc) is 2.67. The minimum atomic E-state index is -3.52. The fourth-order valence-electron chi connectivity index (χ4n) is 2.70. The molecule has 0 amide bonds. The Balaban J connectivity index is 1.86. The smallest absolute Gasteiger partial charge is 0.230 e. The first-order valence-electron chi connectivity index (χ1n) is 8.54. The summed E-state index contributed by atoms with van der Waals surface area (Å²) in [4.78, 5) is 10.8. The van der Waals surface area contributed by atoms with Gasteiger partial charge in [-0.25, -0.2) is 0 Å². The summed E-state index contributed by atoms with van der Waals surface area (Å²) in [5.41, 5.74) is 2.66. The van der Waals surface area contributed by atoms with Gasteiger partial charge in [-0.1, -0.05) is 91.0 Å². The second-order valence-corrected chi connectivity index (χ2v) is 8.51. The van der Waals surface area contributed by atoms with Gasteiger partial charge in [0.2, 0.25) is 7.37 Å². The Bertz CT molecular complexity index is 880. The quantitative estimate of drug-likeness (QED) is 0.537. The Morgan fingerprint density at radius 1 is 0.846 bits per heavy atom. The molecule has 2 unspecified atom stereocenters. The van der Waals surface area contributed by atoms with Crippen molar-refractivity contribution < 1.29 is 9.46 Å². The summed E-state index contributed by atoms with van der Waals surface area (Å²) in [5.74, 6) is -0.676. The highest BCUT2D eigenvalue weighted by Crippen LogP contribution is 2.50. The second-order valence-electron chi connectivity index (χ2n) is 6.12. The van der Waals surface area contributed by atoms with Crippen molar-refractivity contribution in [3.8, 4) is 0 Å². The van der Waals surface area contributed by atoms with E-state index < -0.39 is 13.2 Å². The van der Waals surface area contributed by atoms with Crippen molar-refractivity contribution in [2.45, 2.75) is 11.9 Å². The molecule has 0 aromatic heterocycles. The SMILES string of the molecule is O=P(O)(Cc1ccccc1)C(/C=C/c1ccccc1)Nc1ccccc1. The first-order valence-corrected chi connectivity index (χ1v) is 10.5. The van der Waals surface area contributed by atoms with Gasteiger partial charge in [-0.2, -0.15) is 0 Å². The third kappa shape index (κ3) is 5.19. The van der Waals surface area contributed by atoms with Gasteiger partial charge in [0.1, 0.15) is 5.78 Å². The van der Waals surface area contributed by atoms with Crippen molar-refractivity contribution in [3.63, 3.8) is 0 Å². The molecular formula is C22H22NO2P. The van der Waals surface area contributed by atoms with Crippen molar-refractivity contribution in [1.82, 2.24) is 0 Å². The van der Waals surface area contributed by atoms with Gasteiger partial charge in [0.25, 0.3) is 0 Å². The van der Waals surface area contributed by atoms with Crippen LogP contribution in [0.4, 0.5) is 5.69 Å². The van der Waals surface area contributed by atoms with Gasteiger partial charge in [-0.3, -0.25) is 4.57 Å². The van der Waals surface area contributed by atoms with E-state index in [-0.39, 0.29) is 6.16 Å². The fourth-order valence-corrected chi connectivity index (χ4v) is 4.33. The summed E-state index contributed by atoms with van der Waals surface area (Å²) < 4.78 is 13.2. The normalized spacial score (nSPS) is 14.7. The molecule has 0 aliphatic carbocycles. The maximum Gasteiger partial charge on any atom is 0.230 e. The molecule has 0 fully saturated rings. The summed E-state index contributed by atoms with van der Waals surface area (Å²) in [7, 11) is -3.52. The van der Waals surface area contributed by atoms with Gasteiger partial charge in [0, 0.05) is 5.69 Å². The maximum absolute atomic E-state index is 13.2. The number of hydrogen-bond acceptors (Lipinski definition) is 2. The fraction of sp³-hybridized carbons (Fsp3) is 0.0909. The van der Waals surface area contributed by atoms with Gasteiger partial charge in [-0.05, 0) is 23.3 Å². The van der Waals surface area contributed by atoms with Crippen LogP contribution in [0.3, 0.4) is 0 Å². The van der Waals surface area contributed by atoms with Crippen LogP contribution in [-0.2, 0) is 10.7 Å². The number of para-hydroxylation sites is 1. The first kappa shape index (κ1) is 18.2. The molecule has 0 aliphatic rings. The third-order valence-electron chi connectivity index (χ3n) is 4.05. The van der Waals surface area contributed by atoms with E-state index >= 15 is 0 Å². The first-order chi connectivity index (χ1) is 12.6. The molecule has 0 saturated heterocycles. The molecule has 0 spiro atoms. The van der Waals surface area contributed by atoms with E-state index in [1.807, 2.05) is 97.1 Å². The molecule has 4 heteroatoms. The lowest BCUT2D eigenvalue weighted by molar-refractivity contribution is 0.472. The van der Waals surface area contributed by atoms with Crippen molar-refractivity contribution in [2.24, 2.45) is 0 Å². The summed E-state index contributed by atoms with van der Waals surface area (Å²) >= 11 is 0. The van der Waals surface area contributed by atoms with Crippen LogP contribution in [0.15, 0.2) is 97.1 Å². The van der Waals surface area contributed by atoms with E-state index in [2.05, 4.69) is 5.32 Å². The Morgan fingerprint density at radius 2 is 1.38 bits per heavy atom. The van der Waals surface area contributed by atoms with E-state index in [9.17, 15) is 9.46 Å². The monoisotopic (exact) mass is 363 g/mol. The molecule has 0 aliphatic heterocycles. The summed E-state index contributed by atoms with van der Waals surface area (Å²) in [6, 6.07) is 28.7. The van der Waals surface area contributed by atoms with E-state index in [0.717, 1.165) is 16.8 Å². The highest BCUT2D eigenvalue weighted by Gasteiger charge is 2.29. The number of nitrogens with one attached hydrogen (secondary N) is 1. The highest BCUT2D eigenvalue weighted by molar-refractivity contribution is 7.58. The van der Waals surface area contributed by atoms with E-state index in [1.165, 1.54) is 0 Å².